The van der Waals surface area contributed by atoms with Gasteiger partial charge in [-0.3, -0.25) is 0 Å². The summed E-state index contributed by atoms with van der Waals surface area (Å²) in [7, 11) is 0. The van der Waals surface area contributed by atoms with Crippen molar-refractivity contribution in [1.29, 1.82) is 0 Å². The molecule has 9 rings (SSSR count). The molecule has 7 aromatic rings. The van der Waals surface area contributed by atoms with E-state index in [2.05, 4.69) is 208 Å². The minimum Gasteiger partial charge on any atom is -0.0346 e. The zero-order valence-electron chi connectivity index (χ0n) is 32.8. The van der Waals surface area contributed by atoms with Gasteiger partial charge in [-0.2, -0.15) is 0 Å². The van der Waals surface area contributed by atoms with Gasteiger partial charge in [0.2, 0.25) is 0 Å². The number of anilines is 7. The third-order valence-corrected chi connectivity index (χ3v) is 13.9. The van der Waals surface area contributed by atoms with Crippen molar-refractivity contribution in [2.45, 2.75) is 52.4 Å². The summed E-state index contributed by atoms with van der Waals surface area (Å²) in [5.41, 5.74) is 12.0. The average molecular weight is 847 g/mol. The Hall–Kier alpha value is -5.54. The van der Waals surface area contributed by atoms with Crippen molar-refractivity contribution in [3.63, 3.8) is 0 Å². The van der Waals surface area contributed by atoms with Crippen molar-refractivity contribution in [1.82, 2.24) is 4.98 Å². The molecule has 0 N–H and O–H groups in total. The van der Waals surface area contributed by atoms with Crippen LogP contribution in [-0.4, -0.2) is 32.6 Å². The van der Waals surface area contributed by atoms with Gasteiger partial charge in [0, 0.05) is 0 Å². The maximum atomic E-state index is 6.75. The number of para-hydroxylation sites is 1. The van der Waals surface area contributed by atoms with Crippen LogP contribution >= 0.6 is 0 Å². The van der Waals surface area contributed by atoms with Crippen LogP contribution in [0.2, 0.25) is 0 Å². The van der Waals surface area contributed by atoms with Crippen LogP contribution in [0.1, 0.15) is 52.7 Å². The molecule has 5 nitrogen and oxygen atoms in total. The standard InChI is InChI=1S/C50H46N4OTe/c1-49(2,3)36-16-12-17-38(29-36)53-33-52(42-24-22-35(28-44(42)53)34-14-8-7-9-15-34)39-18-13-19-40(31-39)55-41-23-25-47-45(32-41)54(43-20-10-11-21-46(43)56-47)48-30-37(26-27-51-48)50(4,5)6/h7-32H,33H2,1-6H3. The second-order valence-electron chi connectivity index (χ2n) is 16.7. The molecule has 278 valence electrons. The molecular weight excluding hydrogens is 800 g/mol. The summed E-state index contributed by atoms with van der Waals surface area (Å²) in [5.74, 6) is 2.53. The molecule has 3 heterocycles. The summed E-state index contributed by atoms with van der Waals surface area (Å²) in [6.07, 6.45) is 1.94. The third-order valence-electron chi connectivity index (χ3n) is 10.7. The number of aromatic nitrogens is 1. The number of ether oxygens (including phenoxy) is 1. The summed E-state index contributed by atoms with van der Waals surface area (Å²) < 4.78 is 9.54. The zero-order valence-corrected chi connectivity index (χ0v) is 35.2. The molecule has 0 atom stereocenters. The SMILES string of the molecule is CC(C)(C)c1cccc(N2CN(c3cccc(Oc4ccc5c(c4)N(c4cc(C(C)(C)C)ccn4)c4ccccc4[Te]5)c3)c3ccc(-c4ccccc4)cc32)c1. The maximum absolute atomic E-state index is 6.75. The predicted octanol–water partition coefficient (Wildman–Crippen LogP) is 11.8. The van der Waals surface area contributed by atoms with E-state index in [1.807, 2.05) is 6.20 Å². The van der Waals surface area contributed by atoms with Gasteiger partial charge in [-0.05, 0) is 34.2 Å². The van der Waals surface area contributed by atoms with Crippen molar-refractivity contribution in [3.8, 4) is 22.6 Å². The van der Waals surface area contributed by atoms with Gasteiger partial charge < -0.3 is 0 Å². The van der Waals surface area contributed by atoms with Gasteiger partial charge in [-0.25, -0.2) is 0 Å². The van der Waals surface area contributed by atoms with Crippen molar-refractivity contribution in [2.75, 3.05) is 21.4 Å². The van der Waals surface area contributed by atoms with Crippen LogP contribution in [0.3, 0.4) is 0 Å². The maximum Gasteiger partial charge on any atom is -0.0346 e. The Labute approximate surface area is 341 Å². The number of rotatable bonds is 6. The minimum atomic E-state index is -0.595. The van der Waals surface area contributed by atoms with Gasteiger partial charge in [0.15, 0.2) is 0 Å². The second-order valence-corrected chi connectivity index (χ2v) is 19.7. The fraction of sp³-hybridized carbons (Fsp3) is 0.180. The Morgan fingerprint density at radius 1 is 0.500 bits per heavy atom. The van der Waals surface area contributed by atoms with Crippen molar-refractivity contribution in [3.05, 3.63) is 169 Å². The first-order chi connectivity index (χ1) is 27.0. The molecular formula is C50H46N4OTe. The largest absolute Gasteiger partial charge is 0.0346 e. The summed E-state index contributed by atoms with van der Waals surface area (Å²) in [6.45, 7) is 14.3. The van der Waals surface area contributed by atoms with Crippen molar-refractivity contribution in [2.24, 2.45) is 0 Å². The zero-order chi connectivity index (χ0) is 38.6. The molecule has 6 aromatic carbocycles. The summed E-state index contributed by atoms with van der Waals surface area (Å²) in [4.78, 5) is 12.1. The summed E-state index contributed by atoms with van der Waals surface area (Å²) in [6, 6.07) is 54.7. The molecule has 0 saturated carbocycles. The van der Waals surface area contributed by atoms with Crippen LogP contribution < -0.4 is 26.7 Å². The van der Waals surface area contributed by atoms with Crippen LogP contribution in [0.5, 0.6) is 11.5 Å². The monoisotopic (exact) mass is 848 g/mol. The predicted molar refractivity (Wildman–Crippen MR) is 235 cm³/mol. The van der Waals surface area contributed by atoms with E-state index in [4.69, 9.17) is 9.72 Å². The molecule has 1 aromatic heterocycles. The van der Waals surface area contributed by atoms with E-state index in [1.165, 1.54) is 52.2 Å². The average Bonchev–Trinajstić information content (AvgIpc) is 3.59. The van der Waals surface area contributed by atoms with Crippen LogP contribution in [0.25, 0.3) is 11.1 Å². The minimum absolute atomic E-state index is 0.00746. The normalized spacial score (nSPS) is 13.6. The summed E-state index contributed by atoms with van der Waals surface area (Å²) >= 11 is -0.595. The van der Waals surface area contributed by atoms with E-state index < -0.39 is 20.9 Å². The first-order valence-electron chi connectivity index (χ1n) is 19.3. The Bertz CT molecular complexity index is 2570. The molecule has 6 heteroatoms. The van der Waals surface area contributed by atoms with Gasteiger partial charge in [-0.1, -0.05) is 63.2 Å². The molecule has 2 aliphatic rings. The molecule has 0 aliphatic carbocycles. The van der Waals surface area contributed by atoms with Crippen LogP contribution in [-0.2, 0) is 10.8 Å². The molecule has 0 fully saturated rings. The van der Waals surface area contributed by atoms with Gasteiger partial charge in [0.1, 0.15) is 0 Å². The van der Waals surface area contributed by atoms with E-state index in [0.717, 1.165) is 28.7 Å². The van der Waals surface area contributed by atoms with Gasteiger partial charge in [0.25, 0.3) is 0 Å². The first-order valence-corrected chi connectivity index (χ1v) is 21.6. The number of benzene rings is 6. The first kappa shape index (κ1) is 36.1. The quantitative estimate of drug-likeness (QED) is 0.156. The van der Waals surface area contributed by atoms with E-state index in [1.54, 1.807) is 0 Å². The number of nitrogens with zero attached hydrogens (tertiary/aromatic N) is 4. The molecule has 0 radical (unpaired) electrons. The van der Waals surface area contributed by atoms with Gasteiger partial charge in [-0.15, -0.1) is 0 Å². The number of hydrogen-bond acceptors (Lipinski definition) is 5. The molecule has 2 aliphatic heterocycles. The molecule has 0 amide bonds. The Morgan fingerprint density at radius 3 is 1.98 bits per heavy atom. The number of pyridine rings is 1. The smallest absolute Gasteiger partial charge is 0.0346 e. The van der Waals surface area contributed by atoms with Crippen molar-refractivity contribution >= 4 is 68.1 Å². The van der Waals surface area contributed by atoms with E-state index in [0.29, 0.717) is 6.67 Å². The van der Waals surface area contributed by atoms with Crippen LogP contribution in [0.15, 0.2) is 158 Å². The Kier molecular flexibility index (Phi) is 9.15. The molecule has 0 unspecified atom stereocenters. The molecule has 0 bridgehead atoms. The fourth-order valence-corrected chi connectivity index (χ4v) is 10.5. The van der Waals surface area contributed by atoms with Gasteiger partial charge in [0.05, 0.1) is 0 Å². The number of fused-ring (bicyclic) bond motifs is 3. The fourth-order valence-electron chi connectivity index (χ4n) is 7.56. The van der Waals surface area contributed by atoms with E-state index in [-0.39, 0.29) is 10.8 Å². The second kappa shape index (κ2) is 14.2. The topological polar surface area (TPSA) is 31.8 Å². The number of hydrogen-bond donors (Lipinski definition) is 0. The van der Waals surface area contributed by atoms with Gasteiger partial charge >= 0.3 is 246 Å². The molecule has 56 heavy (non-hydrogen) atoms. The molecule has 0 spiro atoms. The molecule has 0 saturated heterocycles. The van der Waals surface area contributed by atoms with Crippen LogP contribution in [0.4, 0.5) is 39.9 Å². The summed E-state index contributed by atoms with van der Waals surface area (Å²) in [5, 5.41) is 0. The Morgan fingerprint density at radius 2 is 1.18 bits per heavy atom. The van der Waals surface area contributed by atoms with Crippen LogP contribution in [0, 0.1) is 0 Å². The van der Waals surface area contributed by atoms with Crippen molar-refractivity contribution < 1.29 is 4.74 Å². The third kappa shape index (κ3) is 6.93. The van der Waals surface area contributed by atoms with E-state index >= 15 is 0 Å². The Balaban J connectivity index is 1.07. The van der Waals surface area contributed by atoms with E-state index in [9.17, 15) is 0 Å².